The van der Waals surface area contributed by atoms with Crippen LogP contribution in [0.15, 0.2) is 249 Å². The Hall–Kier alpha value is -8.98. The van der Waals surface area contributed by atoms with Gasteiger partial charge in [0.15, 0.2) is 0 Å². The Balaban J connectivity index is 0.840. The average Bonchev–Trinajstić information content (AvgIpc) is 4.37. The molecule has 0 spiro atoms. The van der Waals surface area contributed by atoms with E-state index < -0.39 is 0 Å². The molecule has 372 valence electrons. The Morgan fingerprint density at radius 1 is 0.291 bits per heavy atom. The number of nitrogens with zero attached hydrogens (tertiary/aromatic N) is 2. The summed E-state index contributed by atoms with van der Waals surface area (Å²) in [6, 6.07) is 94.9. The van der Waals surface area contributed by atoms with Crippen LogP contribution in [-0.4, -0.2) is 23.6 Å². The Labute approximate surface area is 463 Å². The molecule has 13 aromatic carbocycles. The maximum Gasteiger partial charge on any atom is -0.0380 e. The summed E-state index contributed by atoms with van der Waals surface area (Å²) >= 11 is 0.0634. The molecule has 0 N–H and O–H groups in total. The van der Waals surface area contributed by atoms with Crippen molar-refractivity contribution in [2.45, 2.75) is 38.1 Å². The Kier molecular flexibility index (Phi) is 10.1. The van der Waals surface area contributed by atoms with Crippen LogP contribution < -0.4 is 0 Å². The van der Waals surface area contributed by atoms with Crippen LogP contribution in [0.4, 0.5) is 0 Å². The first-order valence-electron chi connectivity index (χ1n) is 28.2. The number of rotatable bonds is 6. The summed E-state index contributed by atoms with van der Waals surface area (Å²) in [7, 11) is 0. The van der Waals surface area contributed by atoms with Crippen molar-refractivity contribution in [2.75, 3.05) is 0 Å². The Morgan fingerprint density at radius 2 is 0.709 bits per heavy atom. The molecule has 1 aliphatic carbocycles. The normalized spacial score (nSPS) is 13.5. The van der Waals surface area contributed by atoms with Gasteiger partial charge < -0.3 is 0 Å². The van der Waals surface area contributed by atoms with E-state index in [0.29, 0.717) is 6.04 Å². The first-order valence-corrected chi connectivity index (χ1v) is 29.9. The second-order valence-electron chi connectivity index (χ2n) is 22.0. The molecule has 0 atom stereocenters. The second-order valence-corrected chi connectivity index (χ2v) is 24.2. The van der Waals surface area contributed by atoms with Gasteiger partial charge in [0.2, 0.25) is 0 Å². The number of fused-ring (bicyclic) bond motifs is 13. The van der Waals surface area contributed by atoms with Gasteiger partial charge in [0, 0.05) is 0 Å². The van der Waals surface area contributed by atoms with E-state index in [0.717, 1.165) is 0 Å². The van der Waals surface area contributed by atoms with Crippen LogP contribution in [0.5, 0.6) is 0 Å². The van der Waals surface area contributed by atoms with Crippen molar-refractivity contribution in [2.24, 2.45) is 0 Å². The van der Waals surface area contributed by atoms with Crippen molar-refractivity contribution in [3.8, 4) is 50.2 Å². The number of para-hydroxylation sites is 3. The third-order valence-corrected chi connectivity index (χ3v) is 20.4. The van der Waals surface area contributed by atoms with E-state index in [2.05, 4.69) is 258 Å². The van der Waals surface area contributed by atoms with E-state index in [9.17, 15) is 0 Å². The van der Waals surface area contributed by atoms with Crippen LogP contribution in [0.25, 0.3) is 156 Å². The number of hydrogen-bond acceptors (Lipinski definition) is 0. The van der Waals surface area contributed by atoms with E-state index in [-0.39, 0.29) is 14.5 Å². The van der Waals surface area contributed by atoms with Gasteiger partial charge in [-0.05, 0) is 18.2 Å². The zero-order chi connectivity index (χ0) is 51.7. The van der Waals surface area contributed by atoms with Gasteiger partial charge in [-0.1, -0.05) is 67.8 Å². The van der Waals surface area contributed by atoms with Crippen LogP contribution in [0.1, 0.15) is 38.1 Å². The molecule has 0 aliphatic heterocycles. The van der Waals surface area contributed by atoms with E-state index in [1.165, 1.54) is 188 Å². The quantitative estimate of drug-likeness (QED) is 0.116. The van der Waals surface area contributed by atoms with Gasteiger partial charge in [0.1, 0.15) is 0 Å². The fourth-order valence-corrected chi connectivity index (χ4v) is 17.1. The van der Waals surface area contributed by atoms with Gasteiger partial charge in [-0.3, -0.25) is 0 Å². The Morgan fingerprint density at radius 3 is 1.28 bits per heavy atom. The molecule has 1 saturated carbocycles. The van der Waals surface area contributed by atoms with Crippen LogP contribution in [0, 0.1) is 0 Å². The van der Waals surface area contributed by atoms with Gasteiger partial charge in [0.25, 0.3) is 0 Å². The first kappa shape index (κ1) is 45.1. The molecule has 0 amide bonds. The molecule has 0 unspecified atom stereocenters. The van der Waals surface area contributed by atoms with Crippen LogP contribution in [0.3, 0.4) is 0 Å². The van der Waals surface area contributed by atoms with Gasteiger partial charge >= 0.3 is 381 Å². The van der Waals surface area contributed by atoms with E-state index in [4.69, 9.17) is 0 Å². The van der Waals surface area contributed by atoms with E-state index >= 15 is 0 Å². The van der Waals surface area contributed by atoms with Crippen molar-refractivity contribution < 1.29 is 0 Å². The summed E-state index contributed by atoms with van der Waals surface area (Å²) in [5.41, 5.74) is 16.7. The average molecular weight is 1070 g/mol. The molecule has 0 saturated heterocycles. The van der Waals surface area contributed by atoms with Gasteiger partial charge in [-0.25, -0.2) is 0 Å². The summed E-state index contributed by atoms with van der Waals surface area (Å²) in [5.74, 6) is 0. The zero-order valence-corrected chi connectivity index (χ0v) is 45.3. The van der Waals surface area contributed by atoms with Crippen LogP contribution in [-0.2, 0) is 0 Å². The smallest absolute Gasteiger partial charge is 0.0380 e. The molecule has 3 heterocycles. The summed E-state index contributed by atoms with van der Waals surface area (Å²) in [4.78, 5) is 0. The molecule has 1 fully saturated rings. The van der Waals surface area contributed by atoms with E-state index in [1.807, 2.05) is 0 Å². The maximum absolute atomic E-state index is 2.71. The summed E-state index contributed by atoms with van der Waals surface area (Å²) in [5, 5.41) is 18.3. The fourth-order valence-electron chi connectivity index (χ4n) is 14.5. The van der Waals surface area contributed by atoms with Crippen molar-refractivity contribution in [3.63, 3.8) is 0 Å². The van der Waals surface area contributed by atoms with Gasteiger partial charge in [0.05, 0.1) is 0 Å². The molecule has 0 radical (unpaired) electrons. The summed E-state index contributed by atoms with van der Waals surface area (Å²) in [6.45, 7) is 0. The zero-order valence-electron chi connectivity index (χ0n) is 43.6. The van der Waals surface area contributed by atoms with Gasteiger partial charge in [-0.2, -0.15) is 0 Å². The molecule has 3 heteroatoms. The number of benzene rings is 13. The monoisotopic (exact) mass is 1070 g/mol. The second kappa shape index (κ2) is 17.8. The van der Waals surface area contributed by atoms with Crippen LogP contribution in [0.2, 0.25) is 0 Å². The maximum atomic E-state index is 2.71. The molecule has 2 nitrogen and oxygen atoms in total. The number of hydrogen-bond donors (Lipinski definition) is 0. The molecule has 1 aliphatic rings. The minimum atomic E-state index is 0.0634. The molecular formula is C76H52N2Se. The van der Waals surface area contributed by atoms with Crippen molar-refractivity contribution in [1.82, 2.24) is 9.13 Å². The summed E-state index contributed by atoms with van der Waals surface area (Å²) in [6.07, 6.45) is 6.44. The van der Waals surface area contributed by atoms with E-state index in [1.54, 1.807) is 0 Å². The standard InChI is InChI=1S/C76H52N2Se/c1-3-20-50(21-4-1)77-67-36-17-15-24-52(67)54-41-38-47(44-69(54)77)72-57-26-7-9-28-59(57)74(60-29-10-8-27-58(60)72)49-40-43-56-65-34-19-35-66(76(65)79-71(56)46-49)75-63-32-13-11-30-61(63)73(62-31-12-14-33-64(62)75)48-39-42-55-53-25-16-18-37-68(53)78(70(55)45-48)51-22-5-2-6-23-51/h1,3-4,7-21,24-46,51H,2,5-6,22-23H2. The van der Waals surface area contributed by atoms with Crippen molar-refractivity contribution in [3.05, 3.63) is 249 Å². The SMILES string of the molecule is c1ccc(-n2c3ccccc3c3ccc(-c4c5ccccc5c(-c5ccc6c(c5)[se]c5c(-c7c8ccccc8c(-c8ccc9c%10ccccc%10n(C%10CCCCC%10)c9c8)c8ccccc78)cccc56)c5ccccc45)cc32)cc1. The largest absolute Gasteiger partial charge is 0.0602 e. The molecule has 0 bridgehead atoms. The molecular weight excluding hydrogens is 1020 g/mol. The van der Waals surface area contributed by atoms with Gasteiger partial charge in [-0.15, -0.1) is 0 Å². The molecule has 79 heavy (non-hydrogen) atoms. The summed E-state index contributed by atoms with van der Waals surface area (Å²) < 4.78 is 8.05. The fraction of sp³-hybridized carbons (Fsp3) is 0.0789. The third kappa shape index (κ3) is 6.77. The predicted molar refractivity (Wildman–Crippen MR) is 340 cm³/mol. The minimum Gasteiger partial charge on any atom is -0.0602 e. The Bertz CT molecular complexity index is 5060. The predicted octanol–water partition coefficient (Wildman–Crippen LogP) is 21.0. The number of aromatic nitrogens is 2. The molecule has 17 rings (SSSR count). The third-order valence-electron chi connectivity index (χ3n) is 17.8. The van der Waals surface area contributed by atoms with Crippen molar-refractivity contribution >= 4 is 120 Å². The minimum absolute atomic E-state index is 0.0634. The van der Waals surface area contributed by atoms with Crippen LogP contribution >= 0.6 is 0 Å². The van der Waals surface area contributed by atoms with Crippen molar-refractivity contribution in [1.29, 1.82) is 0 Å². The topological polar surface area (TPSA) is 9.86 Å². The molecule has 16 aromatic rings. The first-order chi connectivity index (χ1) is 39.2. The molecule has 3 aromatic heterocycles.